The zero-order valence-corrected chi connectivity index (χ0v) is 11.8. The van der Waals surface area contributed by atoms with Crippen LogP contribution in [0.5, 0.6) is 0 Å². The number of carbonyl (C=O) groups excluding carboxylic acids is 2. The largest absolute Gasteiger partial charge is 0.314 e. The van der Waals surface area contributed by atoms with Gasteiger partial charge in [0.2, 0.25) is 11.8 Å². The average molecular weight is 264 g/mol. The first-order valence-electron chi connectivity index (χ1n) is 7.66. The van der Waals surface area contributed by atoms with Crippen LogP contribution in [0.25, 0.3) is 0 Å². The molecule has 4 nitrogen and oxygen atoms in total. The van der Waals surface area contributed by atoms with Gasteiger partial charge in [0.25, 0.3) is 0 Å². The number of hydrogen-bond acceptors (Lipinski definition) is 3. The molecule has 2 heterocycles. The van der Waals surface area contributed by atoms with Crippen LogP contribution >= 0.6 is 0 Å². The summed E-state index contributed by atoms with van der Waals surface area (Å²) < 4.78 is 0. The average Bonchev–Trinajstić information content (AvgIpc) is 2.78. The van der Waals surface area contributed by atoms with Crippen LogP contribution in [0.3, 0.4) is 0 Å². The second kappa shape index (κ2) is 4.58. The van der Waals surface area contributed by atoms with Gasteiger partial charge < -0.3 is 5.32 Å². The van der Waals surface area contributed by atoms with Gasteiger partial charge in [-0.05, 0) is 32.7 Å². The van der Waals surface area contributed by atoms with Gasteiger partial charge in [-0.25, -0.2) is 0 Å². The summed E-state index contributed by atoms with van der Waals surface area (Å²) in [7, 11) is 0. The summed E-state index contributed by atoms with van der Waals surface area (Å²) in [5.74, 6) is 0.198. The summed E-state index contributed by atoms with van der Waals surface area (Å²) in [6, 6.07) is 0. The minimum absolute atomic E-state index is 0.0677. The molecule has 2 aliphatic heterocycles. The molecule has 3 fully saturated rings. The maximum Gasteiger partial charge on any atom is 0.236 e. The maximum absolute atomic E-state index is 12.9. The van der Waals surface area contributed by atoms with Gasteiger partial charge in [-0.3, -0.25) is 14.5 Å². The fourth-order valence-corrected chi connectivity index (χ4v) is 4.13. The third-order valence-corrected chi connectivity index (χ3v) is 5.34. The lowest BCUT2D eigenvalue weighted by Crippen LogP contribution is -2.52. The van der Waals surface area contributed by atoms with Gasteiger partial charge in [0.05, 0.1) is 11.0 Å². The molecule has 4 heteroatoms. The molecule has 0 radical (unpaired) electrons. The van der Waals surface area contributed by atoms with Crippen LogP contribution < -0.4 is 5.32 Å². The molecule has 0 bridgehead atoms. The maximum atomic E-state index is 12.9. The zero-order chi connectivity index (χ0) is 13.5. The standard InChI is InChI=1S/C15H24N2O2/c1-14(8-9-16-11-14)17-12(18)10-15(13(17)19)6-4-2-3-5-7-15/h16H,2-11H2,1H3. The minimum atomic E-state index is -0.348. The van der Waals surface area contributed by atoms with Crippen molar-refractivity contribution in [1.82, 2.24) is 10.2 Å². The van der Waals surface area contributed by atoms with E-state index in [2.05, 4.69) is 12.2 Å². The van der Waals surface area contributed by atoms with Gasteiger partial charge in [-0.2, -0.15) is 0 Å². The lowest BCUT2D eigenvalue weighted by molar-refractivity contribution is -0.147. The highest BCUT2D eigenvalue weighted by molar-refractivity contribution is 6.06. The van der Waals surface area contributed by atoms with Gasteiger partial charge in [-0.1, -0.05) is 25.7 Å². The van der Waals surface area contributed by atoms with Gasteiger partial charge in [0, 0.05) is 13.0 Å². The molecule has 0 aromatic carbocycles. The Bertz CT molecular complexity index is 391. The quantitative estimate of drug-likeness (QED) is 0.735. The van der Waals surface area contributed by atoms with Crippen LogP contribution in [0.2, 0.25) is 0 Å². The number of imide groups is 1. The van der Waals surface area contributed by atoms with Crippen molar-refractivity contribution in [3.8, 4) is 0 Å². The Hall–Kier alpha value is -0.900. The molecule has 3 aliphatic rings. The first-order chi connectivity index (χ1) is 9.07. The van der Waals surface area contributed by atoms with Crippen LogP contribution in [-0.2, 0) is 9.59 Å². The van der Waals surface area contributed by atoms with Gasteiger partial charge >= 0.3 is 0 Å². The van der Waals surface area contributed by atoms with Crippen molar-refractivity contribution in [3.05, 3.63) is 0 Å². The molecule has 1 atom stereocenters. The van der Waals surface area contributed by atoms with Crippen LogP contribution in [0.15, 0.2) is 0 Å². The van der Waals surface area contributed by atoms with Gasteiger partial charge in [-0.15, -0.1) is 0 Å². The third-order valence-electron chi connectivity index (χ3n) is 5.34. The molecule has 3 rings (SSSR count). The van der Waals surface area contributed by atoms with Crippen molar-refractivity contribution in [2.45, 2.75) is 63.8 Å². The first-order valence-corrected chi connectivity index (χ1v) is 7.66. The van der Waals surface area contributed by atoms with Crippen LogP contribution in [0.1, 0.15) is 58.3 Å². The lowest BCUT2D eigenvalue weighted by Gasteiger charge is -2.35. The molecule has 1 N–H and O–H groups in total. The normalized spacial score (nSPS) is 35.1. The molecular weight excluding hydrogens is 240 g/mol. The van der Waals surface area contributed by atoms with Crippen LogP contribution in [0, 0.1) is 5.41 Å². The molecule has 1 unspecified atom stereocenters. The van der Waals surface area contributed by atoms with Gasteiger partial charge in [0.15, 0.2) is 0 Å². The number of amides is 2. The Morgan fingerprint density at radius 1 is 1.05 bits per heavy atom. The first kappa shape index (κ1) is 13.1. The molecule has 1 spiro atoms. The molecule has 0 aromatic rings. The second-order valence-electron chi connectivity index (χ2n) is 6.83. The van der Waals surface area contributed by atoms with Crippen molar-refractivity contribution in [1.29, 1.82) is 0 Å². The second-order valence-corrected chi connectivity index (χ2v) is 6.83. The Morgan fingerprint density at radius 2 is 1.74 bits per heavy atom. The summed E-state index contributed by atoms with van der Waals surface area (Å²) in [4.78, 5) is 27.0. The van der Waals surface area contributed by atoms with E-state index in [1.165, 1.54) is 12.8 Å². The van der Waals surface area contributed by atoms with E-state index in [-0.39, 0.29) is 22.8 Å². The highest BCUT2D eigenvalue weighted by Gasteiger charge is 2.56. The van der Waals surface area contributed by atoms with Crippen molar-refractivity contribution < 1.29 is 9.59 Å². The van der Waals surface area contributed by atoms with E-state index in [9.17, 15) is 9.59 Å². The monoisotopic (exact) mass is 264 g/mol. The van der Waals surface area contributed by atoms with E-state index in [1.807, 2.05) is 0 Å². The number of nitrogens with zero attached hydrogens (tertiary/aromatic N) is 1. The van der Waals surface area contributed by atoms with E-state index >= 15 is 0 Å². The predicted molar refractivity (Wildman–Crippen MR) is 72.5 cm³/mol. The van der Waals surface area contributed by atoms with Crippen molar-refractivity contribution in [2.75, 3.05) is 13.1 Å². The fourth-order valence-electron chi connectivity index (χ4n) is 4.13. The van der Waals surface area contributed by atoms with E-state index in [4.69, 9.17) is 0 Å². The van der Waals surface area contributed by atoms with Crippen LogP contribution in [0.4, 0.5) is 0 Å². The molecule has 106 valence electrons. The molecule has 19 heavy (non-hydrogen) atoms. The topological polar surface area (TPSA) is 49.4 Å². The van der Waals surface area contributed by atoms with Crippen molar-refractivity contribution in [2.24, 2.45) is 5.41 Å². The smallest absolute Gasteiger partial charge is 0.236 e. The zero-order valence-electron chi connectivity index (χ0n) is 11.8. The highest BCUT2D eigenvalue weighted by Crippen LogP contribution is 2.47. The molecule has 0 aromatic heterocycles. The predicted octanol–water partition coefficient (Wildman–Crippen LogP) is 1.84. The summed E-state index contributed by atoms with van der Waals surface area (Å²) >= 11 is 0. The molecule has 2 amide bonds. The molecule has 1 aliphatic carbocycles. The summed E-state index contributed by atoms with van der Waals surface area (Å²) in [6.07, 6.45) is 7.80. The van der Waals surface area contributed by atoms with Crippen LogP contribution in [-0.4, -0.2) is 35.3 Å². The Kier molecular flexibility index (Phi) is 3.16. The van der Waals surface area contributed by atoms with E-state index in [0.29, 0.717) is 6.42 Å². The fraction of sp³-hybridized carbons (Fsp3) is 0.867. The van der Waals surface area contributed by atoms with E-state index in [0.717, 1.165) is 45.2 Å². The highest BCUT2D eigenvalue weighted by atomic mass is 16.2. The van der Waals surface area contributed by atoms with E-state index in [1.54, 1.807) is 4.90 Å². The third kappa shape index (κ3) is 2.00. The van der Waals surface area contributed by atoms with Crippen molar-refractivity contribution in [3.63, 3.8) is 0 Å². The Morgan fingerprint density at radius 3 is 2.32 bits per heavy atom. The number of carbonyl (C=O) groups is 2. The van der Waals surface area contributed by atoms with Gasteiger partial charge in [0.1, 0.15) is 0 Å². The summed E-state index contributed by atoms with van der Waals surface area (Å²) in [6.45, 7) is 3.71. The Labute approximate surface area is 114 Å². The summed E-state index contributed by atoms with van der Waals surface area (Å²) in [5.41, 5.74) is -0.636. The molecular formula is C15H24N2O2. The number of rotatable bonds is 1. The SMILES string of the molecule is CC1(N2C(=O)CC3(CCCCCC3)C2=O)CCNC1. The number of hydrogen-bond donors (Lipinski definition) is 1. The summed E-state index contributed by atoms with van der Waals surface area (Å²) in [5, 5.41) is 3.29. The lowest BCUT2D eigenvalue weighted by atomic mass is 9.78. The minimum Gasteiger partial charge on any atom is -0.314 e. The molecule has 2 saturated heterocycles. The van der Waals surface area contributed by atoms with Crippen molar-refractivity contribution >= 4 is 11.8 Å². The molecule has 1 saturated carbocycles. The number of nitrogens with one attached hydrogen (secondary N) is 1. The van der Waals surface area contributed by atoms with E-state index < -0.39 is 0 Å². The Balaban J connectivity index is 1.88. The number of likely N-dealkylation sites (tertiary alicyclic amines) is 1.